The molecule has 2 fully saturated rings. The number of rotatable bonds is 5. The average Bonchev–Trinajstić information content (AvgIpc) is 3.30. The molecule has 7 nitrogen and oxygen atoms in total. The quantitative estimate of drug-likeness (QED) is 0.759. The zero-order chi connectivity index (χ0) is 18.8. The van der Waals surface area contributed by atoms with E-state index >= 15 is 0 Å². The number of fused-ring (bicyclic) bond motifs is 1. The van der Waals surface area contributed by atoms with Gasteiger partial charge < -0.3 is 15.4 Å². The van der Waals surface area contributed by atoms with Crippen molar-refractivity contribution in [1.82, 2.24) is 15.5 Å². The average molecular weight is 371 g/mol. The van der Waals surface area contributed by atoms with E-state index in [1.54, 1.807) is 18.2 Å². The molecular weight excluding hydrogens is 346 g/mol. The van der Waals surface area contributed by atoms with E-state index in [1.807, 2.05) is 0 Å². The molecule has 3 aliphatic heterocycles. The molecule has 0 saturated carbocycles. The van der Waals surface area contributed by atoms with Crippen LogP contribution in [0.2, 0.25) is 0 Å². The fraction of sp³-hybridized carbons (Fsp3) is 0.550. The number of ether oxygens (including phenoxy) is 1. The molecule has 3 aliphatic rings. The summed E-state index contributed by atoms with van der Waals surface area (Å²) in [7, 11) is 0. The van der Waals surface area contributed by atoms with E-state index in [9.17, 15) is 14.4 Å². The maximum Gasteiger partial charge on any atom is 0.261 e. The third-order valence-electron chi connectivity index (χ3n) is 5.59. The number of nitrogens with one attached hydrogen (secondary N) is 2. The lowest BCUT2D eigenvalue weighted by molar-refractivity contribution is 0.0475. The molecule has 0 aromatic heterocycles. The van der Waals surface area contributed by atoms with Crippen molar-refractivity contribution in [3.05, 3.63) is 34.9 Å². The second-order valence-corrected chi connectivity index (χ2v) is 7.54. The minimum atomic E-state index is -0.336. The number of hydrogen-bond donors (Lipinski definition) is 2. The van der Waals surface area contributed by atoms with Crippen molar-refractivity contribution in [2.45, 2.75) is 31.8 Å². The maximum atomic E-state index is 12.7. The van der Waals surface area contributed by atoms with Crippen LogP contribution in [0.5, 0.6) is 0 Å². The van der Waals surface area contributed by atoms with Gasteiger partial charge in [-0.3, -0.25) is 19.3 Å². The summed E-state index contributed by atoms with van der Waals surface area (Å²) in [5.41, 5.74) is 1.09. The minimum Gasteiger partial charge on any atom is -0.376 e. The first-order chi connectivity index (χ1) is 13.1. The van der Waals surface area contributed by atoms with Crippen LogP contribution in [-0.4, -0.2) is 61.5 Å². The van der Waals surface area contributed by atoms with Gasteiger partial charge in [0, 0.05) is 18.7 Å². The number of nitrogens with zero attached hydrogens (tertiary/aromatic N) is 1. The summed E-state index contributed by atoms with van der Waals surface area (Å²) < 4.78 is 5.55. The highest BCUT2D eigenvalue weighted by Crippen LogP contribution is 2.26. The second kappa shape index (κ2) is 7.78. The molecule has 1 aromatic carbocycles. The van der Waals surface area contributed by atoms with Crippen LogP contribution in [0.1, 0.15) is 56.8 Å². The van der Waals surface area contributed by atoms with Gasteiger partial charge in [0.2, 0.25) is 0 Å². The number of imide groups is 1. The van der Waals surface area contributed by atoms with Crippen LogP contribution in [-0.2, 0) is 4.74 Å². The van der Waals surface area contributed by atoms with Crippen LogP contribution in [0.3, 0.4) is 0 Å². The number of benzene rings is 1. The molecule has 3 amide bonds. The molecule has 4 rings (SSSR count). The molecular formula is C20H25N3O4. The van der Waals surface area contributed by atoms with Gasteiger partial charge >= 0.3 is 0 Å². The van der Waals surface area contributed by atoms with Gasteiger partial charge in [-0.05, 0) is 62.9 Å². The minimum absolute atomic E-state index is 0.0842. The Balaban J connectivity index is 1.42. The third kappa shape index (κ3) is 3.75. The maximum absolute atomic E-state index is 12.7. The lowest BCUT2D eigenvalue weighted by atomic mass is 9.99. The van der Waals surface area contributed by atoms with Gasteiger partial charge in [-0.15, -0.1) is 0 Å². The molecule has 0 spiro atoms. The first-order valence-corrected chi connectivity index (χ1v) is 9.74. The summed E-state index contributed by atoms with van der Waals surface area (Å²) in [6, 6.07) is 4.75. The van der Waals surface area contributed by atoms with Crippen molar-refractivity contribution in [3.8, 4) is 0 Å². The normalized spacial score (nSPS) is 25.0. The second-order valence-electron chi connectivity index (χ2n) is 7.54. The molecule has 27 heavy (non-hydrogen) atoms. The topological polar surface area (TPSA) is 87.7 Å². The molecule has 144 valence electrons. The predicted molar refractivity (Wildman–Crippen MR) is 98.7 cm³/mol. The number of hydrogen-bond acceptors (Lipinski definition) is 5. The molecule has 2 unspecified atom stereocenters. The molecule has 0 aliphatic carbocycles. The highest BCUT2D eigenvalue weighted by atomic mass is 16.5. The summed E-state index contributed by atoms with van der Waals surface area (Å²) in [6.45, 7) is 3.52. The Bertz CT molecular complexity index is 752. The smallest absolute Gasteiger partial charge is 0.261 e. The van der Waals surface area contributed by atoms with Gasteiger partial charge in [0.25, 0.3) is 17.7 Å². The Hall–Kier alpha value is -2.25. The monoisotopic (exact) mass is 371 g/mol. The lowest BCUT2D eigenvalue weighted by Crippen LogP contribution is -2.38. The van der Waals surface area contributed by atoms with Crippen molar-refractivity contribution >= 4 is 17.7 Å². The van der Waals surface area contributed by atoms with Gasteiger partial charge in [0.15, 0.2) is 0 Å². The van der Waals surface area contributed by atoms with Gasteiger partial charge in [0.1, 0.15) is 0 Å². The Morgan fingerprint density at radius 3 is 2.78 bits per heavy atom. The van der Waals surface area contributed by atoms with E-state index < -0.39 is 0 Å². The van der Waals surface area contributed by atoms with E-state index in [2.05, 4.69) is 10.6 Å². The number of piperidine rings is 1. The van der Waals surface area contributed by atoms with Crippen LogP contribution >= 0.6 is 0 Å². The fourth-order valence-electron chi connectivity index (χ4n) is 4.03. The molecule has 0 bridgehead atoms. The summed E-state index contributed by atoms with van der Waals surface area (Å²) in [5, 5.41) is 6.28. The highest BCUT2D eigenvalue weighted by Gasteiger charge is 2.37. The van der Waals surface area contributed by atoms with Crippen molar-refractivity contribution in [2.75, 3.05) is 32.8 Å². The summed E-state index contributed by atoms with van der Waals surface area (Å²) in [5.74, 6) is -0.411. The SMILES string of the molecule is O=C(NCC1CCCNC1)c1ccc2c(c1)C(=O)N(CC1CCCO1)C2=O. The molecule has 2 atom stereocenters. The molecule has 7 heteroatoms. The van der Waals surface area contributed by atoms with E-state index in [-0.39, 0.29) is 30.4 Å². The summed E-state index contributed by atoms with van der Waals surface area (Å²) in [6.07, 6.45) is 3.95. The van der Waals surface area contributed by atoms with Gasteiger partial charge in [-0.25, -0.2) is 0 Å². The Kier molecular flexibility index (Phi) is 5.22. The Morgan fingerprint density at radius 1 is 1.19 bits per heavy atom. The van der Waals surface area contributed by atoms with Crippen LogP contribution in [0.25, 0.3) is 0 Å². The largest absolute Gasteiger partial charge is 0.376 e. The standard InChI is InChI=1S/C20H25N3O4/c24-18(22-11-13-3-1-7-21-10-13)14-5-6-16-17(9-14)20(26)23(19(16)25)12-15-4-2-8-27-15/h5-6,9,13,15,21H,1-4,7-8,10-12H2,(H,22,24). The molecule has 0 radical (unpaired) electrons. The molecule has 2 N–H and O–H groups in total. The van der Waals surface area contributed by atoms with Crippen molar-refractivity contribution < 1.29 is 19.1 Å². The van der Waals surface area contributed by atoms with Crippen molar-refractivity contribution in [3.63, 3.8) is 0 Å². The van der Waals surface area contributed by atoms with E-state index in [0.717, 1.165) is 38.8 Å². The number of carbonyl (C=O) groups is 3. The Labute approximate surface area is 158 Å². The zero-order valence-electron chi connectivity index (χ0n) is 15.3. The molecule has 2 saturated heterocycles. The highest BCUT2D eigenvalue weighted by molar-refractivity contribution is 6.22. The van der Waals surface area contributed by atoms with Gasteiger partial charge in [-0.1, -0.05) is 0 Å². The van der Waals surface area contributed by atoms with Crippen LogP contribution in [0.4, 0.5) is 0 Å². The van der Waals surface area contributed by atoms with Crippen molar-refractivity contribution in [1.29, 1.82) is 0 Å². The third-order valence-corrected chi connectivity index (χ3v) is 5.59. The first kappa shape index (κ1) is 18.1. The van der Waals surface area contributed by atoms with Crippen LogP contribution in [0.15, 0.2) is 18.2 Å². The van der Waals surface area contributed by atoms with E-state index in [4.69, 9.17) is 4.74 Å². The van der Waals surface area contributed by atoms with E-state index in [1.165, 1.54) is 4.90 Å². The first-order valence-electron chi connectivity index (χ1n) is 9.74. The Morgan fingerprint density at radius 2 is 2.04 bits per heavy atom. The molecule has 1 aromatic rings. The van der Waals surface area contributed by atoms with Crippen LogP contribution in [0, 0.1) is 5.92 Å². The number of amides is 3. The molecule has 3 heterocycles. The summed E-state index contributed by atoms with van der Waals surface area (Å²) >= 11 is 0. The fourth-order valence-corrected chi connectivity index (χ4v) is 4.03. The lowest BCUT2D eigenvalue weighted by Gasteiger charge is -2.22. The zero-order valence-corrected chi connectivity index (χ0v) is 15.3. The van der Waals surface area contributed by atoms with E-state index in [0.29, 0.717) is 35.8 Å². The predicted octanol–water partition coefficient (Wildman–Crippen LogP) is 1.19. The number of carbonyl (C=O) groups excluding carboxylic acids is 3. The summed E-state index contributed by atoms with van der Waals surface area (Å²) in [4.78, 5) is 39.0. The van der Waals surface area contributed by atoms with Crippen molar-refractivity contribution in [2.24, 2.45) is 5.92 Å². The van der Waals surface area contributed by atoms with Gasteiger partial charge in [-0.2, -0.15) is 0 Å². The van der Waals surface area contributed by atoms with Gasteiger partial charge in [0.05, 0.1) is 23.8 Å². The van der Waals surface area contributed by atoms with Crippen LogP contribution < -0.4 is 10.6 Å².